The fourth-order valence-electron chi connectivity index (χ4n) is 7.31. The molecule has 1 heteroatoms. The van der Waals surface area contributed by atoms with Gasteiger partial charge in [-0.25, -0.2) is 0 Å². The van der Waals surface area contributed by atoms with Crippen LogP contribution in [0.1, 0.15) is 5.56 Å². The van der Waals surface area contributed by atoms with Gasteiger partial charge in [0.25, 0.3) is 0 Å². The summed E-state index contributed by atoms with van der Waals surface area (Å²) in [5.74, 6) is 0. The van der Waals surface area contributed by atoms with Crippen molar-refractivity contribution in [1.82, 2.24) is 0 Å². The van der Waals surface area contributed by atoms with E-state index < -0.39 is 0 Å². The third kappa shape index (κ3) is 3.52. The van der Waals surface area contributed by atoms with Gasteiger partial charge < -0.3 is 0 Å². The molecule has 0 amide bonds. The Morgan fingerprint density at radius 2 is 0.864 bits per heavy atom. The summed E-state index contributed by atoms with van der Waals surface area (Å²) in [6.45, 7) is 0. The van der Waals surface area contributed by atoms with Crippen LogP contribution in [0.25, 0.3) is 88.0 Å². The zero-order chi connectivity index (χ0) is 29.2. The quantitative estimate of drug-likeness (QED) is 0.199. The average molecular weight is 556 g/mol. The molecule has 0 fully saturated rings. The topological polar surface area (TPSA) is 23.8 Å². The molecule has 0 aliphatic heterocycles. The van der Waals surface area contributed by atoms with Crippen molar-refractivity contribution in [2.75, 3.05) is 0 Å². The maximum atomic E-state index is 9.55. The Morgan fingerprint density at radius 1 is 0.364 bits per heavy atom. The Balaban J connectivity index is 1.54. The van der Waals surface area contributed by atoms with Gasteiger partial charge in [0.1, 0.15) is 0 Å². The third-order valence-corrected chi connectivity index (χ3v) is 9.19. The van der Waals surface area contributed by atoms with E-state index in [4.69, 9.17) is 0 Å². The van der Waals surface area contributed by atoms with E-state index in [-0.39, 0.29) is 0 Å². The van der Waals surface area contributed by atoms with Crippen LogP contribution in [0.15, 0.2) is 152 Å². The second-order valence-corrected chi connectivity index (χ2v) is 11.6. The molecule has 0 radical (unpaired) electrons. The Morgan fingerprint density at radius 3 is 1.48 bits per heavy atom. The standard InChI is InChI=1S/C43H25N/c44-26-27-19-21-29(22-20-27)35-25-36(28-11-3-1-4-12-28)41-37-23-31-15-7-9-17-33(31)40-34-18-10-8-16-32(34)24-38(42(37)40)43(41)39(35)30-13-5-2-6-14-30/h1-25H. The number of nitrogens with zero attached hydrogens (tertiary/aromatic N) is 1. The fraction of sp³-hybridized carbons (Fsp3) is 0. The van der Waals surface area contributed by atoms with Crippen molar-refractivity contribution >= 4 is 32.3 Å². The summed E-state index contributed by atoms with van der Waals surface area (Å²) in [5, 5.41) is 17.3. The molecule has 0 heterocycles. The van der Waals surface area contributed by atoms with Crippen molar-refractivity contribution in [3.05, 3.63) is 157 Å². The van der Waals surface area contributed by atoms with Crippen LogP contribution in [0.3, 0.4) is 0 Å². The Labute approximate surface area is 255 Å². The number of rotatable bonds is 3. The second kappa shape index (κ2) is 9.53. The highest BCUT2D eigenvalue weighted by atomic mass is 14.3. The zero-order valence-electron chi connectivity index (χ0n) is 23.9. The highest BCUT2D eigenvalue weighted by Crippen LogP contribution is 2.59. The van der Waals surface area contributed by atoms with Crippen LogP contribution < -0.4 is 0 Å². The van der Waals surface area contributed by atoms with Crippen molar-refractivity contribution in [2.24, 2.45) is 0 Å². The van der Waals surface area contributed by atoms with Gasteiger partial charge in [-0.1, -0.05) is 121 Å². The molecule has 44 heavy (non-hydrogen) atoms. The van der Waals surface area contributed by atoms with Gasteiger partial charge in [-0.2, -0.15) is 5.26 Å². The molecular formula is C43H25N. The number of fused-ring (bicyclic) bond motifs is 7. The van der Waals surface area contributed by atoms with E-state index >= 15 is 0 Å². The van der Waals surface area contributed by atoms with E-state index in [0.29, 0.717) is 5.56 Å². The van der Waals surface area contributed by atoms with Crippen molar-refractivity contribution in [3.63, 3.8) is 0 Å². The van der Waals surface area contributed by atoms with Crippen LogP contribution in [-0.2, 0) is 0 Å². The molecule has 8 aromatic rings. The zero-order valence-corrected chi connectivity index (χ0v) is 23.9. The molecule has 9 rings (SSSR count). The smallest absolute Gasteiger partial charge is 0.0991 e. The Bertz CT molecular complexity index is 2450. The first-order valence-corrected chi connectivity index (χ1v) is 15.0. The summed E-state index contributed by atoms with van der Waals surface area (Å²) in [4.78, 5) is 0. The van der Waals surface area contributed by atoms with Gasteiger partial charge >= 0.3 is 0 Å². The van der Waals surface area contributed by atoms with Crippen LogP contribution in [0, 0.1) is 11.3 Å². The SMILES string of the molecule is N#Cc1ccc(-c2cc(-c3ccccc3)c3c(c2-c2ccccc2)-c2cc4ccccc4c4c2c-3cc2ccccc24)cc1. The largest absolute Gasteiger partial charge is 0.192 e. The van der Waals surface area contributed by atoms with Crippen LogP contribution >= 0.6 is 0 Å². The molecular weight excluding hydrogens is 530 g/mol. The number of benzene rings is 8. The molecule has 202 valence electrons. The molecule has 0 aromatic heterocycles. The fourth-order valence-corrected chi connectivity index (χ4v) is 7.31. The third-order valence-electron chi connectivity index (χ3n) is 9.19. The van der Waals surface area contributed by atoms with E-state index in [2.05, 4.69) is 146 Å². The van der Waals surface area contributed by atoms with Gasteiger partial charge in [0.05, 0.1) is 11.6 Å². The van der Waals surface area contributed by atoms with Gasteiger partial charge in [0.15, 0.2) is 0 Å². The molecule has 8 aromatic carbocycles. The van der Waals surface area contributed by atoms with Gasteiger partial charge in [-0.05, 0) is 118 Å². The summed E-state index contributed by atoms with van der Waals surface area (Å²) < 4.78 is 0. The predicted molar refractivity (Wildman–Crippen MR) is 184 cm³/mol. The summed E-state index contributed by atoms with van der Waals surface area (Å²) in [6, 6.07) is 56.7. The maximum absolute atomic E-state index is 9.55. The lowest BCUT2D eigenvalue weighted by Crippen LogP contribution is -1.94. The van der Waals surface area contributed by atoms with Crippen molar-refractivity contribution in [1.29, 1.82) is 5.26 Å². The summed E-state index contributed by atoms with van der Waals surface area (Å²) >= 11 is 0. The van der Waals surface area contributed by atoms with Crippen molar-refractivity contribution < 1.29 is 0 Å². The lowest BCUT2D eigenvalue weighted by atomic mass is 9.82. The lowest BCUT2D eigenvalue weighted by Gasteiger charge is -2.21. The van der Waals surface area contributed by atoms with Crippen LogP contribution in [0.4, 0.5) is 0 Å². The Kier molecular flexibility index (Phi) is 5.33. The lowest BCUT2D eigenvalue weighted by molar-refractivity contribution is 1.48. The first kappa shape index (κ1) is 24.6. The highest BCUT2D eigenvalue weighted by molar-refractivity contribution is 6.33. The molecule has 1 aliphatic rings. The molecule has 1 aliphatic carbocycles. The van der Waals surface area contributed by atoms with Crippen LogP contribution in [0.5, 0.6) is 0 Å². The van der Waals surface area contributed by atoms with Crippen molar-refractivity contribution in [3.8, 4) is 61.7 Å². The minimum Gasteiger partial charge on any atom is -0.192 e. The number of hydrogen-bond donors (Lipinski definition) is 0. The maximum Gasteiger partial charge on any atom is 0.0991 e. The molecule has 0 unspecified atom stereocenters. The molecule has 0 saturated heterocycles. The van der Waals surface area contributed by atoms with Crippen LogP contribution in [-0.4, -0.2) is 0 Å². The minimum atomic E-state index is 0.662. The first-order chi connectivity index (χ1) is 21.8. The molecule has 1 nitrogen and oxygen atoms in total. The van der Waals surface area contributed by atoms with Gasteiger partial charge in [0.2, 0.25) is 0 Å². The predicted octanol–water partition coefficient (Wildman–Crippen LogP) is 11.7. The molecule has 0 spiro atoms. The van der Waals surface area contributed by atoms with Gasteiger partial charge in [-0.3, -0.25) is 0 Å². The van der Waals surface area contributed by atoms with Crippen molar-refractivity contribution in [2.45, 2.75) is 0 Å². The van der Waals surface area contributed by atoms with Gasteiger partial charge in [-0.15, -0.1) is 0 Å². The minimum absolute atomic E-state index is 0.662. The molecule has 0 N–H and O–H groups in total. The summed E-state index contributed by atoms with van der Waals surface area (Å²) in [7, 11) is 0. The Hall–Kier alpha value is -5.97. The van der Waals surface area contributed by atoms with E-state index in [9.17, 15) is 5.26 Å². The average Bonchev–Trinajstić information content (AvgIpc) is 3.42. The number of nitriles is 1. The van der Waals surface area contributed by atoms with E-state index in [1.807, 2.05) is 12.1 Å². The first-order valence-electron chi connectivity index (χ1n) is 15.0. The highest BCUT2D eigenvalue weighted by Gasteiger charge is 2.31. The summed E-state index contributed by atoms with van der Waals surface area (Å²) in [6.07, 6.45) is 0. The monoisotopic (exact) mass is 555 g/mol. The molecule has 0 saturated carbocycles. The molecule has 0 bridgehead atoms. The summed E-state index contributed by atoms with van der Waals surface area (Å²) in [5.41, 5.74) is 12.9. The van der Waals surface area contributed by atoms with Crippen LogP contribution in [0.2, 0.25) is 0 Å². The van der Waals surface area contributed by atoms with E-state index in [1.165, 1.54) is 76.8 Å². The number of hydrogen-bond acceptors (Lipinski definition) is 1. The van der Waals surface area contributed by atoms with E-state index in [0.717, 1.165) is 11.1 Å². The molecule has 0 atom stereocenters. The second-order valence-electron chi connectivity index (χ2n) is 11.6. The normalized spacial score (nSPS) is 11.6. The van der Waals surface area contributed by atoms with Gasteiger partial charge in [0, 0.05) is 0 Å². The van der Waals surface area contributed by atoms with E-state index in [1.54, 1.807) is 0 Å².